The van der Waals surface area contributed by atoms with Crippen LogP contribution in [0, 0.1) is 0 Å². The minimum atomic E-state index is 0.712. The lowest BCUT2D eigenvalue weighted by atomic mass is 9.91. The summed E-state index contributed by atoms with van der Waals surface area (Å²) < 4.78 is 2.46. The molecule has 3 heteroatoms. The number of hydrogen-bond acceptors (Lipinski definition) is 2. The summed E-state index contributed by atoms with van der Waals surface area (Å²) in [5.74, 6) is 0.712. The molecule has 0 atom stereocenters. The van der Waals surface area contributed by atoms with E-state index in [0.29, 0.717) is 5.82 Å². The molecular weight excluding hydrogens is 667 g/mol. The zero-order valence-electron chi connectivity index (χ0n) is 29.9. The van der Waals surface area contributed by atoms with Crippen LogP contribution in [0.15, 0.2) is 200 Å². The van der Waals surface area contributed by atoms with Crippen molar-refractivity contribution in [2.24, 2.45) is 0 Å². The monoisotopic (exact) mass is 699 g/mol. The second-order valence-corrected chi connectivity index (χ2v) is 14.2. The van der Waals surface area contributed by atoms with E-state index < -0.39 is 0 Å². The van der Waals surface area contributed by atoms with Crippen molar-refractivity contribution in [1.29, 1.82) is 0 Å². The highest BCUT2D eigenvalue weighted by Crippen LogP contribution is 2.43. The van der Waals surface area contributed by atoms with Gasteiger partial charge in [-0.1, -0.05) is 164 Å². The van der Waals surface area contributed by atoms with Crippen LogP contribution in [0.4, 0.5) is 0 Å². The fourth-order valence-corrected chi connectivity index (χ4v) is 8.44. The molecule has 0 radical (unpaired) electrons. The van der Waals surface area contributed by atoms with E-state index in [1.165, 1.54) is 70.9 Å². The van der Waals surface area contributed by atoms with E-state index in [2.05, 4.69) is 180 Å². The van der Waals surface area contributed by atoms with Crippen molar-refractivity contribution in [3.8, 4) is 50.7 Å². The van der Waals surface area contributed by atoms with Gasteiger partial charge in [-0.05, 0) is 74.5 Å². The molecule has 0 fully saturated rings. The Labute approximate surface area is 318 Å². The molecule has 0 unspecified atom stereocenters. The fraction of sp³-hybridized carbons (Fsp3) is 0. The average Bonchev–Trinajstić information content (AvgIpc) is 3.60. The smallest absolute Gasteiger partial charge is 0.160 e. The van der Waals surface area contributed by atoms with E-state index in [1.807, 2.05) is 24.3 Å². The number of hydrogen-bond donors (Lipinski definition) is 0. The molecule has 11 aromatic rings. The summed E-state index contributed by atoms with van der Waals surface area (Å²) in [5, 5.41) is 9.81. The maximum Gasteiger partial charge on any atom is 0.160 e. The molecule has 0 N–H and O–H groups in total. The summed E-state index contributed by atoms with van der Waals surface area (Å²) in [6.45, 7) is 0. The molecule has 0 aliphatic rings. The van der Waals surface area contributed by atoms with E-state index in [9.17, 15) is 0 Å². The summed E-state index contributed by atoms with van der Waals surface area (Å²) in [6, 6.07) is 71.6. The Bertz CT molecular complexity index is 3180. The van der Waals surface area contributed by atoms with Crippen LogP contribution in [0.25, 0.3) is 105 Å². The first-order chi connectivity index (χ1) is 27.3. The Morgan fingerprint density at radius 3 is 1.56 bits per heavy atom. The molecule has 0 aliphatic heterocycles. The molecule has 0 bridgehead atoms. The zero-order chi connectivity index (χ0) is 36.3. The van der Waals surface area contributed by atoms with Crippen LogP contribution in [0.3, 0.4) is 0 Å². The van der Waals surface area contributed by atoms with Crippen LogP contribution in [0.2, 0.25) is 0 Å². The van der Waals surface area contributed by atoms with Crippen LogP contribution >= 0.6 is 0 Å². The normalized spacial score (nSPS) is 11.6. The van der Waals surface area contributed by atoms with Crippen LogP contribution in [-0.4, -0.2) is 14.5 Å². The van der Waals surface area contributed by atoms with Crippen molar-refractivity contribution >= 4 is 54.1 Å². The van der Waals surface area contributed by atoms with E-state index in [1.54, 1.807) is 0 Å². The second-order valence-electron chi connectivity index (χ2n) is 14.2. The van der Waals surface area contributed by atoms with E-state index in [-0.39, 0.29) is 0 Å². The van der Waals surface area contributed by atoms with E-state index in [0.717, 1.165) is 28.1 Å². The molecule has 0 amide bonds. The summed E-state index contributed by atoms with van der Waals surface area (Å²) in [5.41, 5.74) is 10.9. The molecule has 0 saturated heterocycles. The largest absolute Gasteiger partial charge is 0.309 e. The molecule has 0 saturated carbocycles. The van der Waals surface area contributed by atoms with Crippen LogP contribution in [-0.2, 0) is 0 Å². The van der Waals surface area contributed by atoms with Crippen molar-refractivity contribution < 1.29 is 0 Å². The number of nitrogens with zero attached hydrogens (tertiary/aromatic N) is 3. The summed E-state index contributed by atoms with van der Waals surface area (Å²) in [6.07, 6.45) is 0. The van der Waals surface area contributed by atoms with Gasteiger partial charge in [0.05, 0.1) is 28.1 Å². The van der Waals surface area contributed by atoms with Crippen molar-refractivity contribution in [3.05, 3.63) is 200 Å². The van der Waals surface area contributed by atoms with Crippen molar-refractivity contribution in [2.45, 2.75) is 0 Å². The number of rotatable bonds is 5. The van der Waals surface area contributed by atoms with E-state index in [4.69, 9.17) is 9.97 Å². The van der Waals surface area contributed by atoms with Crippen molar-refractivity contribution in [2.75, 3.05) is 0 Å². The summed E-state index contributed by atoms with van der Waals surface area (Å²) in [7, 11) is 0. The quantitative estimate of drug-likeness (QED) is 0.167. The third-order valence-electron chi connectivity index (χ3n) is 11.0. The number of aromatic nitrogens is 3. The lowest BCUT2D eigenvalue weighted by Gasteiger charge is -2.17. The Hall–Kier alpha value is -7.36. The molecule has 2 heterocycles. The van der Waals surface area contributed by atoms with Gasteiger partial charge in [-0.3, -0.25) is 0 Å². The first-order valence-corrected chi connectivity index (χ1v) is 18.7. The standard InChI is InChI=1S/C52H33N3/c1-4-15-34(16-5-1)37-28-30-49-45(31-37)41-23-12-13-25-48(41)55(49)50-26-14-24-42-39-21-10-11-22-40(39)44-32-38(27-29-43(44)51(42)50)47-33-46(35-17-6-2-7-18-35)53-52(54-47)36-19-8-3-9-20-36/h1-33H. The number of para-hydroxylation sites is 1. The molecule has 3 nitrogen and oxygen atoms in total. The van der Waals surface area contributed by atoms with Gasteiger partial charge in [-0.25, -0.2) is 9.97 Å². The van der Waals surface area contributed by atoms with Crippen molar-refractivity contribution in [1.82, 2.24) is 14.5 Å². The first-order valence-electron chi connectivity index (χ1n) is 18.7. The minimum absolute atomic E-state index is 0.712. The average molecular weight is 700 g/mol. The molecule has 0 spiro atoms. The lowest BCUT2D eigenvalue weighted by Crippen LogP contribution is -1.97. The topological polar surface area (TPSA) is 30.7 Å². The third-order valence-corrected chi connectivity index (χ3v) is 11.0. The van der Waals surface area contributed by atoms with Gasteiger partial charge in [-0.15, -0.1) is 0 Å². The Morgan fingerprint density at radius 1 is 0.291 bits per heavy atom. The van der Waals surface area contributed by atoms with Gasteiger partial charge in [-0.2, -0.15) is 0 Å². The molecule has 9 aromatic carbocycles. The number of fused-ring (bicyclic) bond motifs is 9. The van der Waals surface area contributed by atoms with Gasteiger partial charge in [0.2, 0.25) is 0 Å². The van der Waals surface area contributed by atoms with Gasteiger partial charge in [0.25, 0.3) is 0 Å². The molecular formula is C52H33N3. The molecule has 256 valence electrons. The van der Waals surface area contributed by atoms with Gasteiger partial charge in [0, 0.05) is 32.8 Å². The van der Waals surface area contributed by atoms with Crippen LogP contribution in [0.5, 0.6) is 0 Å². The number of benzene rings is 9. The first kappa shape index (κ1) is 31.2. The SMILES string of the molecule is c1ccc(-c2ccc3c(c2)c2ccccc2n3-c2cccc3c4ccccc4c4cc(-c5cc(-c6ccccc6)nc(-c6ccccc6)n5)ccc4c23)cc1. The Kier molecular flexibility index (Phi) is 7.17. The highest BCUT2D eigenvalue weighted by molar-refractivity contribution is 6.28. The molecule has 55 heavy (non-hydrogen) atoms. The highest BCUT2D eigenvalue weighted by atomic mass is 15.0. The molecule has 0 aliphatic carbocycles. The summed E-state index contributed by atoms with van der Waals surface area (Å²) >= 11 is 0. The van der Waals surface area contributed by atoms with Gasteiger partial charge in [0.15, 0.2) is 5.82 Å². The maximum absolute atomic E-state index is 5.19. The molecule has 11 rings (SSSR count). The van der Waals surface area contributed by atoms with Crippen LogP contribution < -0.4 is 0 Å². The van der Waals surface area contributed by atoms with Crippen molar-refractivity contribution in [3.63, 3.8) is 0 Å². The molecule has 2 aromatic heterocycles. The van der Waals surface area contributed by atoms with E-state index >= 15 is 0 Å². The van der Waals surface area contributed by atoms with Gasteiger partial charge in [0.1, 0.15) is 0 Å². The zero-order valence-corrected chi connectivity index (χ0v) is 29.9. The Balaban J connectivity index is 1.18. The minimum Gasteiger partial charge on any atom is -0.309 e. The Morgan fingerprint density at radius 2 is 0.818 bits per heavy atom. The predicted octanol–water partition coefficient (Wildman–Crippen LogP) is 13.7. The van der Waals surface area contributed by atoms with Crippen LogP contribution in [0.1, 0.15) is 0 Å². The van der Waals surface area contributed by atoms with Gasteiger partial charge >= 0.3 is 0 Å². The third kappa shape index (κ3) is 5.13. The maximum atomic E-state index is 5.19. The highest BCUT2D eigenvalue weighted by Gasteiger charge is 2.19. The lowest BCUT2D eigenvalue weighted by molar-refractivity contribution is 1.18. The van der Waals surface area contributed by atoms with Gasteiger partial charge < -0.3 is 4.57 Å². The predicted molar refractivity (Wildman–Crippen MR) is 231 cm³/mol. The fourth-order valence-electron chi connectivity index (χ4n) is 8.44. The summed E-state index contributed by atoms with van der Waals surface area (Å²) in [4.78, 5) is 10.2. The second kappa shape index (κ2) is 12.6.